The molecule has 0 aromatic carbocycles. The number of carbonyl (C=O) groups is 2. The van der Waals surface area contributed by atoms with E-state index in [4.69, 9.17) is 4.74 Å². The summed E-state index contributed by atoms with van der Waals surface area (Å²) in [7, 11) is 0. The van der Waals surface area contributed by atoms with Gasteiger partial charge in [-0.25, -0.2) is 4.79 Å². The molecule has 2 amide bonds. The molecule has 0 bridgehead atoms. The van der Waals surface area contributed by atoms with E-state index in [1.54, 1.807) is 20.8 Å². The molecule has 0 saturated heterocycles. The van der Waals surface area contributed by atoms with E-state index < -0.39 is 0 Å². The molecule has 2 atom stereocenters. The van der Waals surface area contributed by atoms with Crippen molar-refractivity contribution in [3.8, 4) is 0 Å². The monoisotopic (exact) mass is 230 g/mol. The Hall–Kier alpha value is -1.26. The van der Waals surface area contributed by atoms with Crippen LogP contribution in [-0.2, 0) is 9.53 Å². The van der Waals surface area contributed by atoms with E-state index in [1.165, 1.54) is 0 Å². The van der Waals surface area contributed by atoms with E-state index in [9.17, 15) is 9.59 Å². The minimum atomic E-state index is -0.349. The van der Waals surface area contributed by atoms with Crippen LogP contribution in [0.4, 0.5) is 4.79 Å². The molecular weight excluding hydrogens is 208 g/mol. The van der Waals surface area contributed by atoms with Crippen LogP contribution >= 0.6 is 0 Å². The molecule has 16 heavy (non-hydrogen) atoms. The fourth-order valence-corrected chi connectivity index (χ4v) is 1.11. The average molecular weight is 230 g/mol. The van der Waals surface area contributed by atoms with Crippen LogP contribution in [0.2, 0.25) is 0 Å². The van der Waals surface area contributed by atoms with Gasteiger partial charge in [-0.1, -0.05) is 0 Å². The minimum Gasteiger partial charge on any atom is -0.466 e. The molecule has 0 unspecified atom stereocenters. The van der Waals surface area contributed by atoms with Crippen molar-refractivity contribution in [2.75, 3.05) is 6.61 Å². The molecule has 0 heterocycles. The first-order valence-electron chi connectivity index (χ1n) is 5.62. The lowest BCUT2D eigenvalue weighted by atomic mass is 10.0. The summed E-state index contributed by atoms with van der Waals surface area (Å²) in [4.78, 5) is 22.8. The second-order valence-corrected chi connectivity index (χ2v) is 4.10. The highest BCUT2D eigenvalue weighted by molar-refractivity contribution is 5.77. The summed E-state index contributed by atoms with van der Waals surface area (Å²) >= 11 is 0. The van der Waals surface area contributed by atoms with Crippen molar-refractivity contribution in [1.29, 1.82) is 0 Å². The SMILES string of the molecule is CCOC(=O)[C@@H](C)[C@H](C)NC(=O)NC(C)C. The Bertz CT molecular complexity index is 241. The van der Waals surface area contributed by atoms with Gasteiger partial charge in [0.2, 0.25) is 0 Å². The third-order valence-electron chi connectivity index (χ3n) is 2.19. The van der Waals surface area contributed by atoms with Gasteiger partial charge in [0, 0.05) is 12.1 Å². The molecule has 2 N–H and O–H groups in total. The minimum absolute atomic E-state index is 0.0742. The smallest absolute Gasteiger partial charge is 0.315 e. The van der Waals surface area contributed by atoms with Crippen LogP contribution in [0.5, 0.6) is 0 Å². The number of ether oxygens (including phenoxy) is 1. The molecule has 0 rings (SSSR count). The van der Waals surface area contributed by atoms with E-state index in [2.05, 4.69) is 10.6 Å². The molecule has 0 spiro atoms. The van der Waals surface area contributed by atoms with E-state index in [-0.39, 0.29) is 30.0 Å². The number of urea groups is 1. The highest BCUT2D eigenvalue weighted by atomic mass is 16.5. The molecule has 0 aliphatic rings. The van der Waals surface area contributed by atoms with E-state index >= 15 is 0 Å². The molecule has 0 radical (unpaired) electrons. The lowest BCUT2D eigenvalue weighted by Crippen LogP contribution is -2.47. The zero-order valence-electron chi connectivity index (χ0n) is 10.7. The van der Waals surface area contributed by atoms with Crippen LogP contribution in [0.25, 0.3) is 0 Å². The Morgan fingerprint density at radius 3 is 2.12 bits per heavy atom. The second-order valence-electron chi connectivity index (χ2n) is 4.10. The maximum Gasteiger partial charge on any atom is 0.315 e. The van der Waals surface area contributed by atoms with E-state index in [0.29, 0.717) is 6.61 Å². The molecule has 0 aliphatic carbocycles. The second kappa shape index (κ2) is 7.09. The summed E-state index contributed by atoms with van der Waals surface area (Å²) in [6, 6.07) is -0.443. The van der Waals surface area contributed by atoms with Gasteiger partial charge in [0.1, 0.15) is 0 Å². The van der Waals surface area contributed by atoms with Gasteiger partial charge < -0.3 is 15.4 Å². The third kappa shape index (κ3) is 5.58. The van der Waals surface area contributed by atoms with Crippen LogP contribution < -0.4 is 10.6 Å². The average Bonchev–Trinajstić information content (AvgIpc) is 2.15. The van der Waals surface area contributed by atoms with Gasteiger partial charge >= 0.3 is 12.0 Å². The van der Waals surface area contributed by atoms with Crippen LogP contribution in [-0.4, -0.2) is 30.7 Å². The molecule has 0 fully saturated rings. The predicted octanol–water partition coefficient (Wildman–Crippen LogP) is 1.28. The Balaban J connectivity index is 4.09. The van der Waals surface area contributed by atoms with Crippen molar-refractivity contribution in [2.24, 2.45) is 5.92 Å². The van der Waals surface area contributed by atoms with Gasteiger partial charge in [0.15, 0.2) is 0 Å². The van der Waals surface area contributed by atoms with Gasteiger partial charge in [0.25, 0.3) is 0 Å². The zero-order chi connectivity index (χ0) is 12.7. The molecule has 0 saturated carbocycles. The molecule has 0 aromatic rings. The molecule has 0 aliphatic heterocycles. The summed E-state index contributed by atoms with van der Waals surface area (Å²) in [5.41, 5.74) is 0. The molecule has 0 aromatic heterocycles. The van der Waals surface area contributed by atoms with Gasteiger partial charge in [-0.2, -0.15) is 0 Å². The highest BCUT2D eigenvalue weighted by Gasteiger charge is 2.22. The first-order chi connectivity index (χ1) is 7.38. The number of esters is 1. The van der Waals surface area contributed by atoms with Crippen molar-refractivity contribution in [2.45, 2.75) is 46.7 Å². The summed E-state index contributed by atoms with van der Waals surface area (Å²) in [6.45, 7) is 9.38. The third-order valence-corrected chi connectivity index (χ3v) is 2.19. The van der Waals surface area contributed by atoms with Crippen molar-refractivity contribution in [3.63, 3.8) is 0 Å². The largest absolute Gasteiger partial charge is 0.466 e. The number of hydrogen-bond donors (Lipinski definition) is 2. The summed E-state index contributed by atoms with van der Waals surface area (Å²) in [5.74, 6) is -0.641. The number of carbonyl (C=O) groups excluding carboxylic acids is 2. The van der Waals surface area contributed by atoms with Crippen molar-refractivity contribution < 1.29 is 14.3 Å². The lowest BCUT2D eigenvalue weighted by molar-refractivity contribution is -0.148. The van der Waals surface area contributed by atoms with Gasteiger partial charge in [-0.15, -0.1) is 0 Å². The quantitative estimate of drug-likeness (QED) is 0.699. The van der Waals surface area contributed by atoms with Crippen LogP contribution in [0, 0.1) is 5.92 Å². The summed E-state index contributed by atoms with van der Waals surface area (Å²) in [6.07, 6.45) is 0. The summed E-state index contributed by atoms with van der Waals surface area (Å²) in [5, 5.41) is 5.40. The maximum absolute atomic E-state index is 11.4. The Morgan fingerprint density at radius 1 is 1.12 bits per heavy atom. The number of hydrogen-bond acceptors (Lipinski definition) is 3. The number of nitrogens with one attached hydrogen (secondary N) is 2. The fraction of sp³-hybridized carbons (Fsp3) is 0.818. The Morgan fingerprint density at radius 2 is 1.69 bits per heavy atom. The molecule has 94 valence electrons. The standard InChI is InChI=1S/C11H22N2O3/c1-6-16-10(14)8(4)9(5)13-11(15)12-7(2)3/h7-9H,6H2,1-5H3,(H2,12,13,15)/t8-,9-/m0/s1. The molecule has 5 nitrogen and oxygen atoms in total. The van der Waals surface area contributed by atoms with Crippen molar-refractivity contribution in [3.05, 3.63) is 0 Å². The molecular formula is C11H22N2O3. The zero-order valence-corrected chi connectivity index (χ0v) is 10.7. The lowest BCUT2D eigenvalue weighted by Gasteiger charge is -2.20. The van der Waals surface area contributed by atoms with Gasteiger partial charge in [-0.3, -0.25) is 4.79 Å². The van der Waals surface area contributed by atoms with Crippen molar-refractivity contribution >= 4 is 12.0 Å². The maximum atomic E-state index is 11.4. The molecule has 5 heteroatoms. The normalized spacial score (nSPS) is 14.1. The van der Waals surface area contributed by atoms with E-state index in [0.717, 1.165) is 0 Å². The van der Waals surface area contributed by atoms with Crippen LogP contribution in [0.1, 0.15) is 34.6 Å². The predicted molar refractivity (Wildman–Crippen MR) is 62.1 cm³/mol. The highest BCUT2D eigenvalue weighted by Crippen LogP contribution is 2.05. The van der Waals surface area contributed by atoms with Gasteiger partial charge in [-0.05, 0) is 34.6 Å². The Kier molecular flexibility index (Phi) is 6.53. The Labute approximate surface area is 96.9 Å². The van der Waals surface area contributed by atoms with E-state index in [1.807, 2.05) is 13.8 Å². The van der Waals surface area contributed by atoms with Crippen molar-refractivity contribution in [1.82, 2.24) is 10.6 Å². The summed E-state index contributed by atoms with van der Waals surface area (Å²) < 4.78 is 4.88. The number of amides is 2. The topological polar surface area (TPSA) is 67.4 Å². The van der Waals surface area contributed by atoms with Crippen LogP contribution in [0.15, 0.2) is 0 Å². The van der Waals surface area contributed by atoms with Gasteiger partial charge in [0.05, 0.1) is 12.5 Å². The fourth-order valence-electron chi connectivity index (χ4n) is 1.11. The first-order valence-corrected chi connectivity index (χ1v) is 5.62. The number of rotatable bonds is 5. The first kappa shape index (κ1) is 14.7. The van der Waals surface area contributed by atoms with Crippen LogP contribution in [0.3, 0.4) is 0 Å².